The van der Waals surface area contributed by atoms with Crippen LogP contribution >= 0.6 is 12.8 Å². The number of nitrogens with one attached hydrogen (secondary N) is 1. The number of phenols is 2. The molecule has 0 unspecified atom stereocenters. The molecule has 0 saturated carbocycles. The number of aromatic nitrogens is 4. The van der Waals surface area contributed by atoms with E-state index in [0.29, 0.717) is 0 Å². The largest absolute Gasteiger partial charge is 0.504 e. The minimum absolute atomic E-state index is 0.0471. The number of tetrazole rings is 1. The second-order valence-corrected chi connectivity index (χ2v) is 3.43. The van der Waals surface area contributed by atoms with E-state index >= 15 is 0 Å². The number of nitrogens with zero attached hydrogens (tertiary/aromatic N) is 4. The lowest BCUT2D eigenvalue weighted by atomic mass is 10.2. The van der Waals surface area contributed by atoms with Crippen LogP contribution in [0.25, 0.3) is 0 Å². The lowest BCUT2D eigenvalue weighted by Gasteiger charge is -2.03. The molecule has 17 heavy (non-hydrogen) atoms. The highest BCUT2D eigenvalue weighted by Gasteiger charge is 2.12. The van der Waals surface area contributed by atoms with Crippen LogP contribution in [0.5, 0.6) is 11.5 Å². The molecule has 1 aromatic carbocycles. The van der Waals surface area contributed by atoms with Crippen molar-refractivity contribution in [3.8, 4) is 11.5 Å². The zero-order valence-electron chi connectivity index (χ0n) is 8.27. The summed E-state index contributed by atoms with van der Waals surface area (Å²) in [5, 5.41) is 30.9. The van der Waals surface area contributed by atoms with Crippen molar-refractivity contribution in [1.29, 1.82) is 0 Å². The Labute approximate surface area is 100 Å². The summed E-state index contributed by atoms with van der Waals surface area (Å²) in [7, 11) is 0. The highest BCUT2D eigenvalue weighted by molar-refractivity contribution is 7.78. The molecule has 2 rings (SSSR count). The van der Waals surface area contributed by atoms with Crippen molar-refractivity contribution in [1.82, 2.24) is 19.6 Å². The highest BCUT2D eigenvalue weighted by Crippen LogP contribution is 2.25. The predicted octanol–water partition coefficient (Wildman–Crippen LogP) is 0.0295. The van der Waals surface area contributed by atoms with Gasteiger partial charge < -0.3 is 10.2 Å². The van der Waals surface area contributed by atoms with E-state index in [1.165, 1.54) is 12.1 Å². The van der Waals surface area contributed by atoms with E-state index in [2.05, 4.69) is 33.7 Å². The molecule has 0 aliphatic carbocycles. The third-order valence-electron chi connectivity index (χ3n) is 1.92. The molecule has 9 heteroatoms. The van der Waals surface area contributed by atoms with Gasteiger partial charge in [0.2, 0.25) is 0 Å². The predicted molar refractivity (Wildman–Crippen MR) is 59.9 cm³/mol. The fourth-order valence-corrected chi connectivity index (χ4v) is 1.22. The molecule has 0 saturated heterocycles. The summed E-state index contributed by atoms with van der Waals surface area (Å²) in [6.45, 7) is 0. The number of amides is 1. The number of hydrogen-bond donors (Lipinski definition) is 4. The number of thiol groups is 1. The van der Waals surface area contributed by atoms with Crippen LogP contribution in [0.2, 0.25) is 0 Å². The molecule has 0 spiro atoms. The molecule has 1 amide bonds. The Balaban J connectivity index is 2.20. The van der Waals surface area contributed by atoms with Crippen molar-refractivity contribution in [3.63, 3.8) is 0 Å². The maximum absolute atomic E-state index is 11.7. The summed E-state index contributed by atoms with van der Waals surface area (Å²) in [4.78, 5) is 11.7. The number of aromatic hydroxyl groups is 2. The molecule has 3 N–H and O–H groups in total. The van der Waals surface area contributed by atoms with Gasteiger partial charge in [0.05, 0.1) is 0 Å². The fraction of sp³-hybridized carbons (Fsp3) is 0. The number of phenolic OH excluding ortho intramolecular Hbond substituents is 2. The van der Waals surface area contributed by atoms with Crippen molar-refractivity contribution in [2.75, 3.05) is 5.32 Å². The lowest BCUT2D eigenvalue weighted by Crippen LogP contribution is -2.14. The zero-order valence-corrected chi connectivity index (χ0v) is 9.17. The topological polar surface area (TPSA) is 113 Å². The van der Waals surface area contributed by atoms with E-state index in [4.69, 9.17) is 5.11 Å². The highest BCUT2D eigenvalue weighted by atomic mass is 32.1. The zero-order chi connectivity index (χ0) is 12.4. The molecule has 1 heterocycles. The van der Waals surface area contributed by atoms with Gasteiger partial charge in [-0.2, -0.15) is 4.09 Å². The van der Waals surface area contributed by atoms with Crippen LogP contribution in [0.4, 0.5) is 5.95 Å². The molecular formula is C8H7N5O3S. The van der Waals surface area contributed by atoms with Gasteiger partial charge in [-0.25, -0.2) is 0 Å². The van der Waals surface area contributed by atoms with Crippen LogP contribution in [0.3, 0.4) is 0 Å². The van der Waals surface area contributed by atoms with Crippen LogP contribution in [0, 0.1) is 0 Å². The molecule has 0 aliphatic heterocycles. The third-order valence-corrected chi connectivity index (χ3v) is 2.19. The average Bonchev–Trinajstić information content (AvgIpc) is 2.68. The average molecular weight is 253 g/mol. The Kier molecular flexibility index (Phi) is 2.83. The quantitative estimate of drug-likeness (QED) is 0.443. The van der Waals surface area contributed by atoms with E-state index in [-0.39, 0.29) is 23.0 Å². The number of carbonyl (C=O) groups is 1. The summed E-state index contributed by atoms with van der Waals surface area (Å²) in [6, 6.07) is 3.67. The first kappa shape index (κ1) is 11.2. The molecule has 0 bridgehead atoms. The van der Waals surface area contributed by atoms with E-state index < -0.39 is 5.91 Å². The standard InChI is InChI=1S/C8H7N5O3S/c14-5-2-1-4(3-6(5)15)7(16)9-8-10-11-12-13(8)17/h1-3,14-15,17H,(H,9,10,12,16). The Hall–Kier alpha value is -2.29. The Morgan fingerprint density at radius 1 is 1.35 bits per heavy atom. The molecule has 0 fully saturated rings. The number of hydrogen-bond acceptors (Lipinski definition) is 7. The van der Waals surface area contributed by atoms with Crippen molar-refractivity contribution >= 4 is 24.7 Å². The molecule has 8 nitrogen and oxygen atoms in total. The van der Waals surface area contributed by atoms with E-state index in [1.807, 2.05) is 0 Å². The van der Waals surface area contributed by atoms with Crippen molar-refractivity contribution in [2.24, 2.45) is 0 Å². The van der Waals surface area contributed by atoms with Crippen LogP contribution in [0.1, 0.15) is 10.4 Å². The van der Waals surface area contributed by atoms with Crippen molar-refractivity contribution in [2.45, 2.75) is 0 Å². The maximum Gasteiger partial charge on any atom is 0.260 e. The van der Waals surface area contributed by atoms with Gasteiger partial charge in [0, 0.05) is 5.56 Å². The molecule has 2 aromatic rings. The van der Waals surface area contributed by atoms with Gasteiger partial charge in [0.1, 0.15) is 0 Å². The normalized spacial score (nSPS) is 10.2. The first-order chi connectivity index (χ1) is 8.08. The summed E-state index contributed by atoms with van der Waals surface area (Å²) < 4.78 is 0.984. The first-order valence-electron chi connectivity index (χ1n) is 4.39. The number of rotatable bonds is 2. The first-order valence-corrected chi connectivity index (χ1v) is 4.79. The molecular weight excluding hydrogens is 246 g/mol. The lowest BCUT2D eigenvalue weighted by molar-refractivity contribution is 0.102. The van der Waals surface area contributed by atoms with Gasteiger partial charge in [0.15, 0.2) is 11.5 Å². The van der Waals surface area contributed by atoms with Gasteiger partial charge in [-0.1, -0.05) is 5.10 Å². The second kappa shape index (κ2) is 4.29. The third kappa shape index (κ3) is 2.28. The van der Waals surface area contributed by atoms with Crippen LogP contribution in [0.15, 0.2) is 18.2 Å². The van der Waals surface area contributed by atoms with Crippen molar-refractivity contribution < 1.29 is 15.0 Å². The molecule has 0 aliphatic rings. The Bertz CT molecular complexity index is 570. The Morgan fingerprint density at radius 3 is 2.71 bits per heavy atom. The smallest absolute Gasteiger partial charge is 0.260 e. The summed E-state index contributed by atoms with van der Waals surface area (Å²) in [6.07, 6.45) is 0. The van der Waals surface area contributed by atoms with Gasteiger partial charge in [-0.05, 0) is 41.4 Å². The number of carbonyl (C=O) groups excluding carboxylic acids is 1. The van der Waals surface area contributed by atoms with E-state index in [9.17, 15) is 9.90 Å². The van der Waals surface area contributed by atoms with Crippen LogP contribution in [-0.4, -0.2) is 35.7 Å². The summed E-state index contributed by atoms with van der Waals surface area (Å²) >= 11 is 3.85. The van der Waals surface area contributed by atoms with E-state index in [0.717, 1.165) is 10.2 Å². The summed E-state index contributed by atoms with van der Waals surface area (Å²) in [5.74, 6) is -1.18. The molecule has 1 aromatic heterocycles. The minimum Gasteiger partial charge on any atom is -0.504 e. The van der Waals surface area contributed by atoms with Crippen LogP contribution < -0.4 is 5.32 Å². The molecule has 0 atom stereocenters. The summed E-state index contributed by atoms with van der Waals surface area (Å²) in [5.41, 5.74) is 0.150. The van der Waals surface area contributed by atoms with Gasteiger partial charge >= 0.3 is 0 Å². The van der Waals surface area contributed by atoms with Crippen molar-refractivity contribution in [3.05, 3.63) is 23.8 Å². The Morgan fingerprint density at radius 2 is 2.12 bits per heavy atom. The minimum atomic E-state index is -0.537. The van der Waals surface area contributed by atoms with Gasteiger partial charge in [-0.15, -0.1) is 0 Å². The van der Waals surface area contributed by atoms with Gasteiger partial charge in [-0.3, -0.25) is 10.1 Å². The molecule has 0 radical (unpaired) electrons. The van der Waals surface area contributed by atoms with Crippen LogP contribution in [-0.2, 0) is 0 Å². The number of anilines is 1. The fourth-order valence-electron chi connectivity index (χ4n) is 1.10. The number of benzene rings is 1. The second-order valence-electron chi connectivity index (χ2n) is 3.05. The maximum atomic E-state index is 11.7. The monoisotopic (exact) mass is 253 g/mol. The SMILES string of the molecule is O=C(Nc1nnnn1S)c1ccc(O)c(O)c1. The molecule has 88 valence electrons. The van der Waals surface area contributed by atoms with Gasteiger partial charge in [0.25, 0.3) is 11.9 Å². The van der Waals surface area contributed by atoms with E-state index in [1.54, 1.807) is 0 Å².